The maximum absolute atomic E-state index is 13.8. The zero-order valence-electron chi connectivity index (χ0n) is 15.4. The van der Waals surface area contributed by atoms with Crippen molar-refractivity contribution < 1.29 is 12.8 Å². The van der Waals surface area contributed by atoms with Crippen molar-refractivity contribution in [1.29, 1.82) is 0 Å². The van der Waals surface area contributed by atoms with Gasteiger partial charge >= 0.3 is 0 Å². The summed E-state index contributed by atoms with van der Waals surface area (Å²) in [5, 5.41) is 6.34. The molecule has 146 valence electrons. The van der Waals surface area contributed by atoms with E-state index in [-0.39, 0.29) is 18.2 Å². The van der Waals surface area contributed by atoms with Gasteiger partial charge in [-0.3, -0.25) is 0 Å². The Morgan fingerprint density at radius 1 is 1.33 bits per heavy atom. The van der Waals surface area contributed by atoms with E-state index in [2.05, 4.69) is 20.6 Å². The van der Waals surface area contributed by atoms with Gasteiger partial charge in [-0.05, 0) is 25.5 Å². The Morgan fingerprint density at radius 2 is 2.11 bits per heavy atom. The minimum Gasteiger partial charge on any atom is -0.373 e. The maximum atomic E-state index is 13.8. The number of rotatable bonds is 7. The van der Waals surface area contributed by atoms with Crippen LogP contribution in [0.1, 0.15) is 36.0 Å². The molecule has 9 heteroatoms. The fourth-order valence-corrected chi connectivity index (χ4v) is 4.21. The third kappa shape index (κ3) is 4.79. The van der Waals surface area contributed by atoms with Crippen LogP contribution in [-0.2, 0) is 22.3 Å². The fourth-order valence-electron chi connectivity index (χ4n) is 3.04. The summed E-state index contributed by atoms with van der Waals surface area (Å²) in [4.78, 5) is 9.03. The first-order valence-corrected chi connectivity index (χ1v) is 10.5. The first kappa shape index (κ1) is 19.7. The SMILES string of the molecule is CNc1cc(CN(C)S(=O)(=O)Cc2ccccc2F)nc([C@H]2CCCN2)n1. The summed E-state index contributed by atoms with van der Waals surface area (Å²) in [7, 11) is -0.451. The normalized spacial score (nSPS) is 17.4. The van der Waals surface area contributed by atoms with Crippen molar-refractivity contribution in [3.05, 3.63) is 53.2 Å². The lowest BCUT2D eigenvalue weighted by Gasteiger charge is -2.19. The Morgan fingerprint density at radius 3 is 2.78 bits per heavy atom. The van der Waals surface area contributed by atoms with Gasteiger partial charge in [0.2, 0.25) is 10.0 Å². The van der Waals surface area contributed by atoms with Crippen molar-refractivity contribution in [3.8, 4) is 0 Å². The molecule has 2 aromatic rings. The second-order valence-electron chi connectivity index (χ2n) is 6.61. The van der Waals surface area contributed by atoms with E-state index in [9.17, 15) is 12.8 Å². The summed E-state index contributed by atoms with van der Waals surface area (Å²) in [6, 6.07) is 7.71. The summed E-state index contributed by atoms with van der Waals surface area (Å²) in [6.07, 6.45) is 2.01. The summed E-state index contributed by atoms with van der Waals surface area (Å²) >= 11 is 0. The third-order valence-electron chi connectivity index (χ3n) is 4.58. The van der Waals surface area contributed by atoms with Crippen LogP contribution in [0.4, 0.5) is 10.2 Å². The molecule has 1 aromatic heterocycles. The number of hydrogen-bond donors (Lipinski definition) is 2. The lowest BCUT2D eigenvalue weighted by atomic mass is 10.2. The average molecular weight is 393 g/mol. The number of aromatic nitrogens is 2. The van der Waals surface area contributed by atoms with Gasteiger partial charge in [0, 0.05) is 25.7 Å². The molecule has 0 spiro atoms. The van der Waals surface area contributed by atoms with Gasteiger partial charge in [-0.1, -0.05) is 18.2 Å². The van der Waals surface area contributed by atoms with Crippen LogP contribution in [0.5, 0.6) is 0 Å². The molecule has 0 radical (unpaired) electrons. The van der Waals surface area contributed by atoms with E-state index >= 15 is 0 Å². The number of sulfonamides is 1. The van der Waals surface area contributed by atoms with Crippen molar-refractivity contribution in [2.75, 3.05) is 26.0 Å². The molecule has 2 N–H and O–H groups in total. The van der Waals surface area contributed by atoms with Crippen molar-refractivity contribution >= 4 is 15.8 Å². The summed E-state index contributed by atoms with van der Waals surface area (Å²) in [6.45, 7) is 1.01. The number of anilines is 1. The quantitative estimate of drug-likeness (QED) is 0.749. The van der Waals surface area contributed by atoms with Crippen LogP contribution in [0.2, 0.25) is 0 Å². The van der Waals surface area contributed by atoms with Gasteiger partial charge in [-0.15, -0.1) is 0 Å². The summed E-state index contributed by atoms with van der Waals surface area (Å²) < 4.78 is 40.3. The molecule has 0 aliphatic carbocycles. The Balaban J connectivity index is 1.79. The van der Waals surface area contributed by atoms with Crippen LogP contribution in [0.25, 0.3) is 0 Å². The highest BCUT2D eigenvalue weighted by Gasteiger charge is 2.23. The van der Waals surface area contributed by atoms with Crippen LogP contribution in [0.15, 0.2) is 30.3 Å². The molecule has 0 unspecified atom stereocenters. The molecule has 0 saturated carbocycles. The predicted molar refractivity (Wildman–Crippen MR) is 102 cm³/mol. The Bertz CT molecular complexity index is 900. The maximum Gasteiger partial charge on any atom is 0.218 e. The Kier molecular flexibility index (Phi) is 6.03. The van der Waals surface area contributed by atoms with E-state index in [0.717, 1.165) is 19.4 Å². The van der Waals surface area contributed by atoms with Crippen LogP contribution in [-0.4, -0.2) is 43.3 Å². The predicted octanol–water partition coefficient (Wildman–Crippen LogP) is 2.04. The van der Waals surface area contributed by atoms with Gasteiger partial charge in [-0.25, -0.2) is 22.8 Å². The van der Waals surface area contributed by atoms with E-state index in [4.69, 9.17) is 0 Å². The molecule has 1 fully saturated rings. The minimum absolute atomic E-state index is 0.0809. The summed E-state index contributed by atoms with van der Waals surface area (Å²) in [5.74, 6) is 0.387. The zero-order chi connectivity index (χ0) is 19.4. The third-order valence-corrected chi connectivity index (χ3v) is 6.33. The molecular formula is C18H24FN5O2S. The molecule has 7 nitrogen and oxygen atoms in total. The molecule has 1 aliphatic heterocycles. The van der Waals surface area contributed by atoms with Crippen molar-refractivity contribution in [3.63, 3.8) is 0 Å². The monoisotopic (exact) mass is 393 g/mol. The van der Waals surface area contributed by atoms with Crippen LogP contribution < -0.4 is 10.6 Å². The van der Waals surface area contributed by atoms with Gasteiger partial charge in [0.1, 0.15) is 17.5 Å². The van der Waals surface area contributed by atoms with Crippen molar-refractivity contribution in [2.45, 2.75) is 31.2 Å². The number of nitrogens with one attached hydrogen (secondary N) is 2. The molecular weight excluding hydrogens is 369 g/mol. The molecule has 3 rings (SSSR count). The van der Waals surface area contributed by atoms with E-state index in [1.165, 1.54) is 29.6 Å². The minimum atomic E-state index is -3.69. The van der Waals surface area contributed by atoms with Crippen LogP contribution >= 0.6 is 0 Å². The number of halogens is 1. The molecule has 0 bridgehead atoms. The van der Waals surface area contributed by atoms with E-state index < -0.39 is 21.6 Å². The van der Waals surface area contributed by atoms with E-state index in [1.54, 1.807) is 19.2 Å². The lowest BCUT2D eigenvalue weighted by Crippen LogP contribution is -2.29. The topological polar surface area (TPSA) is 87.2 Å². The molecule has 1 aromatic carbocycles. The highest BCUT2D eigenvalue weighted by atomic mass is 32.2. The number of hydrogen-bond acceptors (Lipinski definition) is 6. The van der Waals surface area contributed by atoms with Crippen molar-refractivity contribution in [1.82, 2.24) is 19.6 Å². The van der Waals surface area contributed by atoms with Gasteiger partial charge in [0.15, 0.2) is 0 Å². The highest BCUT2D eigenvalue weighted by Crippen LogP contribution is 2.22. The van der Waals surface area contributed by atoms with Crippen LogP contribution in [0, 0.1) is 5.82 Å². The lowest BCUT2D eigenvalue weighted by molar-refractivity contribution is 0.457. The standard InChI is InChI=1S/C18H24FN5O2S/c1-20-17-10-14(22-18(23-17)16-8-5-9-21-16)11-24(2)27(25,26)12-13-6-3-4-7-15(13)19/h3-4,6-7,10,16,21H,5,8-9,11-12H2,1-2H3,(H,20,22,23)/t16-/m1/s1. The molecule has 1 saturated heterocycles. The van der Waals surface area contributed by atoms with E-state index in [1.807, 2.05) is 0 Å². The van der Waals surface area contributed by atoms with Crippen molar-refractivity contribution in [2.24, 2.45) is 0 Å². The first-order chi connectivity index (χ1) is 12.9. The highest BCUT2D eigenvalue weighted by molar-refractivity contribution is 7.88. The van der Waals surface area contributed by atoms with Gasteiger partial charge in [-0.2, -0.15) is 4.31 Å². The second kappa shape index (κ2) is 8.28. The van der Waals surface area contributed by atoms with Crippen LogP contribution in [0.3, 0.4) is 0 Å². The smallest absolute Gasteiger partial charge is 0.218 e. The fraction of sp³-hybridized carbons (Fsp3) is 0.444. The van der Waals surface area contributed by atoms with Gasteiger partial charge < -0.3 is 10.6 Å². The summed E-state index contributed by atoms with van der Waals surface area (Å²) in [5.41, 5.74) is 0.747. The Labute approximate surface area is 159 Å². The molecule has 2 heterocycles. The zero-order valence-corrected chi connectivity index (χ0v) is 16.3. The molecule has 27 heavy (non-hydrogen) atoms. The largest absolute Gasteiger partial charge is 0.373 e. The average Bonchev–Trinajstić information content (AvgIpc) is 3.18. The Hall–Kier alpha value is -2.10. The number of nitrogens with zero attached hydrogens (tertiary/aromatic N) is 3. The van der Waals surface area contributed by atoms with E-state index in [0.29, 0.717) is 17.3 Å². The van der Waals surface area contributed by atoms with Gasteiger partial charge in [0.05, 0.1) is 24.0 Å². The molecule has 0 amide bonds. The first-order valence-electron chi connectivity index (χ1n) is 8.85. The second-order valence-corrected chi connectivity index (χ2v) is 8.68. The van der Waals surface area contributed by atoms with Gasteiger partial charge in [0.25, 0.3) is 0 Å². The molecule has 1 atom stereocenters. The molecule has 1 aliphatic rings. The number of benzene rings is 1.